The molecular weight excluding hydrogens is 248 g/mol. The first-order chi connectivity index (χ1) is 9.60. The molecule has 3 nitrogen and oxygen atoms in total. The lowest BCUT2D eigenvalue weighted by molar-refractivity contribution is -0.130. The van der Waals surface area contributed by atoms with Crippen LogP contribution in [-0.2, 0) is 4.79 Å². The molecule has 3 heteroatoms. The Bertz CT molecular complexity index is 441. The molecule has 0 spiro atoms. The maximum atomic E-state index is 12.3. The van der Waals surface area contributed by atoms with E-state index in [1.807, 2.05) is 29.2 Å². The predicted octanol–water partition coefficient (Wildman–Crippen LogP) is 3.41. The van der Waals surface area contributed by atoms with E-state index in [-0.39, 0.29) is 5.92 Å². The first-order valence-corrected chi connectivity index (χ1v) is 7.73. The third kappa shape index (κ3) is 3.75. The molecule has 1 aliphatic rings. The van der Waals surface area contributed by atoms with Crippen molar-refractivity contribution < 1.29 is 4.79 Å². The molecular formula is C17H26N2O. The average Bonchev–Trinajstić information content (AvgIpc) is 2.88. The number of carbonyl (C=O) groups excluding carboxylic acids is 1. The lowest BCUT2D eigenvalue weighted by Crippen LogP contribution is -2.29. The van der Waals surface area contributed by atoms with Crippen molar-refractivity contribution in [1.82, 2.24) is 4.90 Å². The maximum Gasteiger partial charge on any atom is 0.223 e. The molecule has 1 fully saturated rings. The van der Waals surface area contributed by atoms with Crippen molar-refractivity contribution >= 4 is 11.6 Å². The molecule has 110 valence electrons. The summed E-state index contributed by atoms with van der Waals surface area (Å²) in [5.74, 6) is 1.28. The number of nitrogens with two attached hydrogens (primary N) is 1. The van der Waals surface area contributed by atoms with Crippen LogP contribution in [0, 0.1) is 5.92 Å². The minimum Gasteiger partial charge on any atom is -0.399 e. The Balaban J connectivity index is 1.86. The molecule has 1 heterocycles. The highest BCUT2D eigenvalue weighted by Gasteiger charge is 2.26. The van der Waals surface area contributed by atoms with Gasteiger partial charge < -0.3 is 10.6 Å². The van der Waals surface area contributed by atoms with E-state index in [1.54, 1.807) is 0 Å². The number of hydrogen-bond donors (Lipinski definition) is 1. The molecule has 2 unspecified atom stereocenters. The maximum absolute atomic E-state index is 12.3. The van der Waals surface area contributed by atoms with Crippen LogP contribution < -0.4 is 5.73 Å². The van der Waals surface area contributed by atoms with Crippen molar-refractivity contribution in [2.45, 2.75) is 45.4 Å². The Morgan fingerprint density at radius 2 is 2.10 bits per heavy atom. The first-order valence-electron chi connectivity index (χ1n) is 7.73. The molecule has 2 N–H and O–H groups in total. The summed E-state index contributed by atoms with van der Waals surface area (Å²) in [5.41, 5.74) is 7.66. The van der Waals surface area contributed by atoms with E-state index >= 15 is 0 Å². The second-order valence-corrected chi connectivity index (χ2v) is 6.05. The van der Waals surface area contributed by atoms with Crippen LogP contribution in [-0.4, -0.2) is 23.9 Å². The van der Waals surface area contributed by atoms with Gasteiger partial charge in [0.1, 0.15) is 0 Å². The molecule has 2 rings (SSSR count). The molecule has 20 heavy (non-hydrogen) atoms. The molecule has 1 aromatic rings. The van der Waals surface area contributed by atoms with E-state index in [1.165, 1.54) is 24.8 Å². The Labute approximate surface area is 122 Å². The van der Waals surface area contributed by atoms with E-state index in [4.69, 9.17) is 5.73 Å². The molecule has 2 atom stereocenters. The standard InChI is InChI=1S/C17H26N2O/c1-3-4-14-9-10-19(12-14)17(20)11-13(2)15-5-7-16(18)8-6-15/h5-8,13-14H,3-4,9-12,18H2,1-2H3. The average molecular weight is 274 g/mol. The number of carbonyl (C=O) groups is 1. The van der Waals surface area contributed by atoms with E-state index in [0.717, 1.165) is 24.7 Å². The van der Waals surface area contributed by atoms with E-state index in [9.17, 15) is 4.79 Å². The zero-order valence-corrected chi connectivity index (χ0v) is 12.6. The molecule has 1 aromatic carbocycles. The Morgan fingerprint density at radius 3 is 2.75 bits per heavy atom. The lowest BCUT2D eigenvalue weighted by atomic mass is 9.97. The van der Waals surface area contributed by atoms with Gasteiger partial charge in [0.05, 0.1) is 0 Å². The minimum atomic E-state index is 0.258. The van der Waals surface area contributed by atoms with Crippen LogP contribution in [0.1, 0.15) is 51.0 Å². The van der Waals surface area contributed by atoms with Crippen LogP contribution in [0.4, 0.5) is 5.69 Å². The Morgan fingerprint density at radius 1 is 1.40 bits per heavy atom. The summed E-state index contributed by atoms with van der Waals surface area (Å²) in [4.78, 5) is 14.4. The summed E-state index contributed by atoms with van der Waals surface area (Å²) in [5, 5.41) is 0. The fourth-order valence-electron chi connectivity index (χ4n) is 3.04. The van der Waals surface area contributed by atoms with E-state index in [0.29, 0.717) is 12.3 Å². The number of amides is 1. The van der Waals surface area contributed by atoms with Gasteiger partial charge in [-0.25, -0.2) is 0 Å². The van der Waals surface area contributed by atoms with Crippen molar-refractivity contribution in [3.63, 3.8) is 0 Å². The van der Waals surface area contributed by atoms with Crippen molar-refractivity contribution in [2.75, 3.05) is 18.8 Å². The van der Waals surface area contributed by atoms with Crippen LogP contribution in [0.5, 0.6) is 0 Å². The fourth-order valence-corrected chi connectivity index (χ4v) is 3.04. The van der Waals surface area contributed by atoms with Gasteiger partial charge in [0.25, 0.3) is 0 Å². The van der Waals surface area contributed by atoms with Crippen molar-refractivity contribution in [1.29, 1.82) is 0 Å². The van der Waals surface area contributed by atoms with Gasteiger partial charge in [-0.1, -0.05) is 32.4 Å². The number of nitrogens with zero attached hydrogens (tertiary/aromatic N) is 1. The largest absolute Gasteiger partial charge is 0.399 e. The van der Waals surface area contributed by atoms with Gasteiger partial charge in [-0.15, -0.1) is 0 Å². The highest BCUT2D eigenvalue weighted by Crippen LogP contribution is 2.25. The number of anilines is 1. The van der Waals surface area contributed by atoms with Gasteiger partial charge in [-0.3, -0.25) is 4.79 Å². The SMILES string of the molecule is CCCC1CCN(C(=O)CC(C)c2ccc(N)cc2)C1. The topological polar surface area (TPSA) is 46.3 Å². The van der Waals surface area contributed by atoms with Gasteiger partial charge in [-0.05, 0) is 42.4 Å². The van der Waals surface area contributed by atoms with Crippen LogP contribution in [0.3, 0.4) is 0 Å². The van der Waals surface area contributed by atoms with Crippen molar-refractivity contribution in [3.05, 3.63) is 29.8 Å². The van der Waals surface area contributed by atoms with Gasteiger partial charge in [0.15, 0.2) is 0 Å². The fraction of sp³-hybridized carbons (Fsp3) is 0.588. The number of nitrogen functional groups attached to an aromatic ring is 1. The summed E-state index contributed by atoms with van der Waals surface area (Å²) < 4.78 is 0. The van der Waals surface area contributed by atoms with Gasteiger partial charge in [0, 0.05) is 25.2 Å². The van der Waals surface area contributed by atoms with Gasteiger partial charge in [-0.2, -0.15) is 0 Å². The van der Waals surface area contributed by atoms with Crippen LogP contribution >= 0.6 is 0 Å². The molecule has 0 aromatic heterocycles. The molecule has 0 aliphatic carbocycles. The number of likely N-dealkylation sites (tertiary alicyclic amines) is 1. The summed E-state index contributed by atoms with van der Waals surface area (Å²) in [6, 6.07) is 7.86. The highest BCUT2D eigenvalue weighted by atomic mass is 16.2. The smallest absolute Gasteiger partial charge is 0.223 e. The molecule has 0 radical (unpaired) electrons. The van der Waals surface area contributed by atoms with E-state index < -0.39 is 0 Å². The molecule has 1 amide bonds. The third-order valence-corrected chi connectivity index (χ3v) is 4.32. The quantitative estimate of drug-likeness (QED) is 0.836. The molecule has 1 aliphatic heterocycles. The molecule has 0 bridgehead atoms. The van der Waals surface area contributed by atoms with Crippen LogP contribution in [0.25, 0.3) is 0 Å². The lowest BCUT2D eigenvalue weighted by Gasteiger charge is -2.19. The van der Waals surface area contributed by atoms with Gasteiger partial charge in [0.2, 0.25) is 5.91 Å². The highest BCUT2D eigenvalue weighted by molar-refractivity contribution is 5.77. The molecule has 1 saturated heterocycles. The normalized spacial score (nSPS) is 20.1. The second-order valence-electron chi connectivity index (χ2n) is 6.05. The molecule has 0 saturated carbocycles. The zero-order valence-electron chi connectivity index (χ0n) is 12.6. The minimum absolute atomic E-state index is 0.258. The number of benzene rings is 1. The predicted molar refractivity (Wildman–Crippen MR) is 83.5 cm³/mol. The van der Waals surface area contributed by atoms with Crippen LogP contribution in [0.15, 0.2) is 24.3 Å². The summed E-state index contributed by atoms with van der Waals surface area (Å²) in [7, 11) is 0. The van der Waals surface area contributed by atoms with Gasteiger partial charge >= 0.3 is 0 Å². The van der Waals surface area contributed by atoms with Crippen molar-refractivity contribution in [3.8, 4) is 0 Å². The van der Waals surface area contributed by atoms with Crippen LogP contribution in [0.2, 0.25) is 0 Å². The van der Waals surface area contributed by atoms with Crippen molar-refractivity contribution in [2.24, 2.45) is 5.92 Å². The Kier molecular flexibility index (Phi) is 5.05. The Hall–Kier alpha value is -1.51. The second kappa shape index (κ2) is 6.78. The zero-order chi connectivity index (χ0) is 14.5. The number of rotatable bonds is 5. The first kappa shape index (κ1) is 14.9. The summed E-state index contributed by atoms with van der Waals surface area (Å²) >= 11 is 0. The van der Waals surface area contributed by atoms with E-state index in [2.05, 4.69) is 13.8 Å². The summed E-state index contributed by atoms with van der Waals surface area (Å²) in [6.45, 7) is 6.23. The summed E-state index contributed by atoms with van der Waals surface area (Å²) in [6.07, 6.45) is 4.24. The number of hydrogen-bond acceptors (Lipinski definition) is 2. The third-order valence-electron chi connectivity index (χ3n) is 4.32. The monoisotopic (exact) mass is 274 g/mol.